The third-order valence-corrected chi connectivity index (χ3v) is 4.07. The van der Waals surface area contributed by atoms with Gasteiger partial charge >= 0.3 is 0 Å². The lowest BCUT2D eigenvalue weighted by Crippen LogP contribution is -2.38. The molecule has 5 nitrogen and oxygen atoms in total. The number of likely N-dealkylation sites (tertiary alicyclic amines) is 1. The molecule has 1 saturated heterocycles. The third kappa shape index (κ3) is 2.97. The molecule has 1 N–H and O–H groups in total. The topological polar surface area (TPSA) is 50.2 Å². The highest BCUT2D eigenvalue weighted by Gasteiger charge is 2.32. The summed E-state index contributed by atoms with van der Waals surface area (Å²) < 4.78 is 1.73. The van der Waals surface area contributed by atoms with Crippen LogP contribution in [0.4, 0.5) is 0 Å². The van der Waals surface area contributed by atoms with Gasteiger partial charge in [-0.25, -0.2) is 0 Å². The summed E-state index contributed by atoms with van der Waals surface area (Å²) in [5.41, 5.74) is 0.933. The fourth-order valence-corrected chi connectivity index (χ4v) is 2.74. The fraction of sp³-hybridized carbons (Fsp3) is 0.714. The summed E-state index contributed by atoms with van der Waals surface area (Å²) >= 11 is 0. The molecule has 1 aliphatic rings. The zero-order valence-electron chi connectivity index (χ0n) is 12.3. The van der Waals surface area contributed by atoms with E-state index in [0.29, 0.717) is 11.8 Å². The van der Waals surface area contributed by atoms with Gasteiger partial charge in [-0.1, -0.05) is 13.8 Å². The second kappa shape index (κ2) is 5.74. The summed E-state index contributed by atoms with van der Waals surface area (Å²) in [5, 5.41) is 7.25. The van der Waals surface area contributed by atoms with E-state index in [4.69, 9.17) is 0 Å². The van der Waals surface area contributed by atoms with Crippen LogP contribution in [0, 0.1) is 11.8 Å². The molecule has 2 heterocycles. The molecule has 106 valence electrons. The zero-order chi connectivity index (χ0) is 14.0. The van der Waals surface area contributed by atoms with Crippen molar-refractivity contribution in [3.63, 3.8) is 0 Å². The van der Waals surface area contributed by atoms with Gasteiger partial charge in [-0.2, -0.15) is 5.10 Å². The number of likely N-dealkylation sites (N-methyl/N-ethyl adjacent to an activating group) is 1. The lowest BCUT2D eigenvalue weighted by atomic mass is 9.95. The first-order valence-corrected chi connectivity index (χ1v) is 6.97. The minimum Gasteiger partial charge on any atom is -0.341 e. The Labute approximate surface area is 115 Å². The van der Waals surface area contributed by atoms with E-state index < -0.39 is 0 Å². The number of amides is 1. The van der Waals surface area contributed by atoms with Crippen LogP contribution in [0.1, 0.15) is 31.9 Å². The maximum atomic E-state index is 12.6. The van der Waals surface area contributed by atoms with Gasteiger partial charge in [0.2, 0.25) is 5.91 Å². The molecule has 19 heavy (non-hydrogen) atoms. The summed E-state index contributed by atoms with van der Waals surface area (Å²) in [5.74, 6) is 1.44. The van der Waals surface area contributed by atoms with Crippen LogP contribution in [0.5, 0.6) is 0 Å². The van der Waals surface area contributed by atoms with E-state index in [1.54, 1.807) is 10.9 Å². The molecule has 2 unspecified atom stereocenters. The van der Waals surface area contributed by atoms with Crippen LogP contribution in [-0.4, -0.2) is 40.7 Å². The highest BCUT2D eigenvalue weighted by molar-refractivity contribution is 5.83. The standard InChI is InChI=1S/C14H24N4O/c1-10(2)11-5-6-18(9-11)14(19)13(15-3)12-7-16-17(4)8-12/h7-8,10-11,13,15H,5-6,9H2,1-4H3. The van der Waals surface area contributed by atoms with E-state index in [-0.39, 0.29) is 11.9 Å². The summed E-state index contributed by atoms with van der Waals surface area (Å²) in [6.45, 7) is 6.22. The first kappa shape index (κ1) is 14.1. The predicted octanol–water partition coefficient (Wildman–Crippen LogP) is 1.19. The number of nitrogens with one attached hydrogen (secondary N) is 1. The van der Waals surface area contributed by atoms with Crippen LogP contribution in [0.15, 0.2) is 12.4 Å². The largest absolute Gasteiger partial charge is 0.341 e. The predicted molar refractivity (Wildman–Crippen MR) is 74.5 cm³/mol. The first-order valence-electron chi connectivity index (χ1n) is 6.97. The summed E-state index contributed by atoms with van der Waals surface area (Å²) in [6, 6.07) is -0.278. The molecule has 5 heteroatoms. The number of carbonyl (C=O) groups is 1. The van der Waals surface area contributed by atoms with Crippen LogP contribution in [0.3, 0.4) is 0 Å². The average molecular weight is 264 g/mol. The quantitative estimate of drug-likeness (QED) is 0.888. The van der Waals surface area contributed by atoms with Gasteiger partial charge in [0, 0.05) is 31.9 Å². The van der Waals surface area contributed by atoms with Gasteiger partial charge < -0.3 is 10.2 Å². The Hall–Kier alpha value is -1.36. The molecule has 1 fully saturated rings. The van der Waals surface area contributed by atoms with Crippen molar-refractivity contribution < 1.29 is 4.79 Å². The van der Waals surface area contributed by atoms with Crippen LogP contribution < -0.4 is 5.32 Å². The molecule has 2 rings (SSSR count). The third-order valence-electron chi connectivity index (χ3n) is 4.07. The Morgan fingerprint density at radius 2 is 2.26 bits per heavy atom. The molecule has 1 aliphatic heterocycles. The van der Waals surface area contributed by atoms with E-state index in [0.717, 1.165) is 25.1 Å². The van der Waals surface area contributed by atoms with Gasteiger partial charge in [-0.05, 0) is 25.3 Å². The van der Waals surface area contributed by atoms with E-state index in [1.165, 1.54) is 0 Å². The lowest BCUT2D eigenvalue weighted by Gasteiger charge is -2.23. The molecule has 2 atom stereocenters. The fourth-order valence-electron chi connectivity index (χ4n) is 2.74. The highest BCUT2D eigenvalue weighted by atomic mass is 16.2. The molecule has 0 saturated carbocycles. The molecule has 1 aromatic rings. The van der Waals surface area contributed by atoms with Gasteiger partial charge in [0.05, 0.1) is 6.20 Å². The van der Waals surface area contributed by atoms with E-state index >= 15 is 0 Å². The minimum absolute atomic E-state index is 0.165. The summed E-state index contributed by atoms with van der Waals surface area (Å²) in [6.07, 6.45) is 4.77. The molecule has 0 aromatic carbocycles. The van der Waals surface area contributed by atoms with Crippen molar-refractivity contribution in [2.24, 2.45) is 18.9 Å². The monoisotopic (exact) mass is 264 g/mol. The Kier molecular flexibility index (Phi) is 4.24. The van der Waals surface area contributed by atoms with Crippen LogP contribution in [-0.2, 0) is 11.8 Å². The van der Waals surface area contributed by atoms with Gasteiger partial charge in [0.25, 0.3) is 0 Å². The van der Waals surface area contributed by atoms with E-state index in [9.17, 15) is 4.79 Å². The van der Waals surface area contributed by atoms with Crippen molar-refractivity contribution in [2.45, 2.75) is 26.3 Å². The molecule has 0 aliphatic carbocycles. The Bertz CT molecular complexity index is 440. The number of hydrogen-bond donors (Lipinski definition) is 1. The van der Waals surface area contributed by atoms with Crippen molar-refractivity contribution in [2.75, 3.05) is 20.1 Å². The van der Waals surface area contributed by atoms with Crippen molar-refractivity contribution >= 4 is 5.91 Å². The molecule has 0 spiro atoms. The van der Waals surface area contributed by atoms with Crippen LogP contribution >= 0.6 is 0 Å². The number of rotatable bonds is 4. The van der Waals surface area contributed by atoms with Crippen molar-refractivity contribution in [3.05, 3.63) is 18.0 Å². The zero-order valence-corrected chi connectivity index (χ0v) is 12.3. The molecular formula is C14H24N4O. The van der Waals surface area contributed by atoms with Crippen molar-refractivity contribution in [1.82, 2.24) is 20.0 Å². The maximum Gasteiger partial charge on any atom is 0.244 e. The second-order valence-electron chi connectivity index (χ2n) is 5.75. The molecular weight excluding hydrogens is 240 g/mol. The molecule has 0 bridgehead atoms. The number of aromatic nitrogens is 2. The minimum atomic E-state index is -0.278. The first-order chi connectivity index (χ1) is 9.02. The van der Waals surface area contributed by atoms with Crippen molar-refractivity contribution in [3.8, 4) is 0 Å². The Balaban J connectivity index is 2.06. The lowest BCUT2D eigenvalue weighted by molar-refractivity contribution is -0.132. The second-order valence-corrected chi connectivity index (χ2v) is 5.75. The summed E-state index contributed by atoms with van der Waals surface area (Å²) in [7, 11) is 3.69. The van der Waals surface area contributed by atoms with Crippen LogP contribution in [0.25, 0.3) is 0 Å². The molecule has 0 radical (unpaired) electrons. The van der Waals surface area contributed by atoms with E-state index in [1.807, 2.05) is 25.2 Å². The maximum absolute atomic E-state index is 12.6. The number of hydrogen-bond acceptors (Lipinski definition) is 3. The molecule has 1 aromatic heterocycles. The smallest absolute Gasteiger partial charge is 0.244 e. The van der Waals surface area contributed by atoms with Gasteiger partial charge in [-0.15, -0.1) is 0 Å². The van der Waals surface area contributed by atoms with Crippen LogP contribution in [0.2, 0.25) is 0 Å². The van der Waals surface area contributed by atoms with E-state index in [2.05, 4.69) is 24.3 Å². The number of nitrogens with zero attached hydrogens (tertiary/aromatic N) is 3. The summed E-state index contributed by atoms with van der Waals surface area (Å²) in [4.78, 5) is 14.6. The average Bonchev–Trinajstić information content (AvgIpc) is 2.99. The van der Waals surface area contributed by atoms with Crippen molar-refractivity contribution in [1.29, 1.82) is 0 Å². The number of carbonyl (C=O) groups excluding carboxylic acids is 1. The highest BCUT2D eigenvalue weighted by Crippen LogP contribution is 2.26. The normalized spacial score (nSPS) is 21.1. The molecule has 1 amide bonds. The number of aryl methyl sites for hydroxylation is 1. The van der Waals surface area contributed by atoms with Gasteiger partial charge in [0.1, 0.15) is 6.04 Å². The Morgan fingerprint density at radius 3 is 2.74 bits per heavy atom. The van der Waals surface area contributed by atoms with Gasteiger partial charge in [0.15, 0.2) is 0 Å². The Morgan fingerprint density at radius 1 is 1.53 bits per heavy atom. The SMILES string of the molecule is CNC(C(=O)N1CCC(C(C)C)C1)c1cnn(C)c1. The van der Waals surface area contributed by atoms with Gasteiger partial charge in [-0.3, -0.25) is 9.48 Å².